The van der Waals surface area contributed by atoms with Gasteiger partial charge in [0.25, 0.3) is 0 Å². The van der Waals surface area contributed by atoms with Gasteiger partial charge in [0.15, 0.2) is 0 Å². The first-order valence-corrected chi connectivity index (χ1v) is 7.47. The van der Waals surface area contributed by atoms with Crippen molar-refractivity contribution in [3.8, 4) is 5.75 Å². The lowest BCUT2D eigenvalue weighted by molar-refractivity contribution is 0.0261. The summed E-state index contributed by atoms with van der Waals surface area (Å²) < 4.78 is 5.77. The minimum absolute atomic E-state index is 0. The van der Waals surface area contributed by atoms with Crippen LogP contribution in [0.1, 0.15) is 13.8 Å². The van der Waals surface area contributed by atoms with Crippen LogP contribution >= 0.6 is 12.4 Å². The predicted molar refractivity (Wildman–Crippen MR) is 88.3 cm³/mol. The molecule has 0 radical (unpaired) electrons. The zero-order valence-electron chi connectivity index (χ0n) is 12.9. The number of hydrogen-bond donors (Lipinski definition) is 1. The van der Waals surface area contributed by atoms with E-state index in [9.17, 15) is 0 Å². The van der Waals surface area contributed by atoms with Crippen LogP contribution in [0.3, 0.4) is 0 Å². The van der Waals surface area contributed by atoms with E-state index in [1.807, 2.05) is 30.3 Å². The maximum atomic E-state index is 9.08. The molecule has 1 aromatic carbocycles. The van der Waals surface area contributed by atoms with Crippen LogP contribution in [0, 0.1) is 0 Å². The summed E-state index contributed by atoms with van der Waals surface area (Å²) in [7, 11) is 0. The lowest BCUT2D eigenvalue weighted by Crippen LogP contribution is -2.57. The number of halogens is 1. The molecule has 0 amide bonds. The molecular formula is C16H27ClN2O2. The van der Waals surface area contributed by atoms with Crippen molar-refractivity contribution in [1.29, 1.82) is 0 Å². The first kappa shape index (κ1) is 18.2. The van der Waals surface area contributed by atoms with Crippen LogP contribution in [0.5, 0.6) is 5.75 Å². The summed E-state index contributed by atoms with van der Waals surface area (Å²) >= 11 is 0. The second kappa shape index (κ2) is 9.26. The Hall–Kier alpha value is -0.810. The standard InChI is InChI=1S/C16H26N2O2.ClH/c1-14-13-18(15(2)12-17(14)8-10-19)9-11-20-16-6-4-3-5-7-16;/h3-7,14-15,19H,8-13H2,1-2H3;1H. The van der Waals surface area contributed by atoms with Crippen molar-refractivity contribution in [3.63, 3.8) is 0 Å². The SMILES string of the molecule is CC1CN(CCOc2ccccc2)C(C)CN1CCO.Cl. The highest BCUT2D eigenvalue weighted by atomic mass is 35.5. The highest BCUT2D eigenvalue weighted by Gasteiger charge is 2.28. The lowest BCUT2D eigenvalue weighted by Gasteiger charge is -2.43. The maximum absolute atomic E-state index is 9.08. The number of aliphatic hydroxyl groups is 1. The largest absolute Gasteiger partial charge is 0.492 e. The van der Waals surface area contributed by atoms with Gasteiger partial charge in [-0.25, -0.2) is 0 Å². The van der Waals surface area contributed by atoms with Gasteiger partial charge in [0.2, 0.25) is 0 Å². The second-order valence-corrected chi connectivity index (χ2v) is 5.57. The van der Waals surface area contributed by atoms with E-state index < -0.39 is 0 Å². The van der Waals surface area contributed by atoms with Crippen molar-refractivity contribution in [3.05, 3.63) is 30.3 Å². The number of benzene rings is 1. The minimum Gasteiger partial charge on any atom is -0.492 e. The Balaban J connectivity index is 0.00000220. The minimum atomic E-state index is 0. The molecule has 0 bridgehead atoms. The van der Waals surface area contributed by atoms with Gasteiger partial charge in [-0.3, -0.25) is 9.80 Å². The number of rotatable bonds is 6. The fourth-order valence-corrected chi connectivity index (χ4v) is 2.82. The van der Waals surface area contributed by atoms with Crippen molar-refractivity contribution < 1.29 is 9.84 Å². The Morgan fingerprint density at radius 3 is 2.19 bits per heavy atom. The fraction of sp³-hybridized carbons (Fsp3) is 0.625. The zero-order valence-corrected chi connectivity index (χ0v) is 13.8. The third-order valence-electron chi connectivity index (χ3n) is 4.02. The molecule has 1 heterocycles. The maximum Gasteiger partial charge on any atom is 0.119 e. The van der Waals surface area contributed by atoms with Gasteiger partial charge in [-0.1, -0.05) is 18.2 Å². The first-order valence-electron chi connectivity index (χ1n) is 7.47. The summed E-state index contributed by atoms with van der Waals surface area (Å²) in [5, 5.41) is 9.08. The highest BCUT2D eigenvalue weighted by molar-refractivity contribution is 5.85. The molecule has 21 heavy (non-hydrogen) atoms. The molecule has 1 aliphatic heterocycles. The summed E-state index contributed by atoms with van der Waals surface area (Å²) in [4.78, 5) is 4.83. The molecule has 2 unspecified atom stereocenters. The Labute approximate surface area is 134 Å². The van der Waals surface area contributed by atoms with Crippen LogP contribution in [0.25, 0.3) is 0 Å². The molecule has 1 saturated heterocycles. The van der Waals surface area contributed by atoms with Crippen molar-refractivity contribution in [2.45, 2.75) is 25.9 Å². The monoisotopic (exact) mass is 314 g/mol. The molecule has 4 nitrogen and oxygen atoms in total. The Morgan fingerprint density at radius 1 is 1.05 bits per heavy atom. The highest BCUT2D eigenvalue weighted by Crippen LogP contribution is 2.15. The van der Waals surface area contributed by atoms with Gasteiger partial charge < -0.3 is 9.84 Å². The van der Waals surface area contributed by atoms with Crippen molar-refractivity contribution >= 4 is 12.4 Å². The van der Waals surface area contributed by atoms with Crippen molar-refractivity contribution in [1.82, 2.24) is 9.80 Å². The van der Waals surface area contributed by atoms with Crippen LogP contribution in [0.15, 0.2) is 30.3 Å². The quantitative estimate of drug-likeness (QED) is 0.869. The summed E-state index contributed by atoms with van der Waals surface area (Å²) in [6.07, 6.45) is 0. The van der Waals surface area contributed by atoms with E-state index in [-0.39, 0.29) is 19.0 Å². The van der Waals surface area contributed by atoms with E-state index in [0.29, 0.717) is 12.1 Å². The number of piperazine rings is 1. The molecule has 2 rings (SSSR count). The molecule has 120 valence electrons. The van der Waals surface area contributed by atoms with Crippen LogP contribution in [0.4, 0.5) is 0 Å². The molecule has 0 spiro atoms. The van der Waals surface area contributed by atoms with Gasteiger partial charge in [0, 0.05) is 38.3 Å². The predicted octanol–water partition coefficient (Wildman–Crippen LogP) is 1.87. The normalized spacial score (nSPS) is 23.6. The van der Waals surface area contributed by atoms with Crippen LogP contribution in [0.2, 0.25) is 0 Å². The molecule has 0 aromatic heterocycles. The number of aliphatic hydroxyl groups excluding tert-OH is 1. The van der Waals surface area contributed by atoms with Crippen molar-refractivity contribution in [2.24, 2.45) is 0 Å². The molecule has 0 saturated carbocycles. The number of para-hydroxylation sites is 1. The molecule has 5 heteroatoms. The lowest BCUT2D eigenvalue weighted by atomic mass is 10.1. The summed E-state index contributed by atoms with van der Waals surface area (Å²) in [5.74, 6) is 0.937. The molecular weight excluding hydrogens is 288 g/mol. The molecule has 1 aromatic rings. The molecule has 0 aliphatic carbocycles. The van der Waals surface area contributed by atoms with Gasteiger partial charge in [-0.2, -0.15) is 0 Å². The number of ether oxygens (including phenoxy) is 1. The van der Waals surface area contributed by atoms with E-state index in [0.717, 1.165) is 38.5 Å². The number of β-amino-alcohol motifs (C(OH)–C–C–N with tert-alkyl or cyclic N) is 1. The Kier molecular flexibility index (Phi) is 8.04. The summed E-state index contributed by atoms with van der Waals surface area (Å²) in [6, 6.07) is 11.0. The van der Waals surface area contributed by atoms with Gasteiger partial charge in [-0.15, -0.1) is 12.4 Å². The van der Waals surface area contributed by atoms with E-state index in [2.05, 4.69) is 23.6 Å². The van der Waals surface area contributed by atoms with E-state index in [1.165, 1.54) is 0 Å². The fourth-order valence-electron chi connectivity index (χ4n) is 2.82. The van der Waals surface area contributed by atoms with Crippen LogP contribution < -0.4 is 4.74 Å². The van der Waals surface area contributed by atoms with E-state index in [1.54, 1.807) is 0 Å². The molecule has 1 aliphatic rings. The topological polar surface area (TPSA) is 35.9 Å². The zero-order chi connectivity index (χ0) is 14.4. The van der Waals surface area contributed by atoms with Crippen molar-refractivity contribution in [2.75, 3.05) is 39.4 Å². The Bertz CT molecular complexity index is 391. The first-order chi connectivity index (χ1) is 9.70. The van der Waals surface area contributed by atoms with Gasteiger partial charge in [-0.05, 0) is 26.0 Å². The number of hydrogen-bond acceptors (Lipinski definition) is 4. The molecule has 1 fully saturated rings. The van der Waals surface area contributed by atoms with E-state index in [4.69, 9.17) is 9.84 Å². The third-order valence-corrected chi connectivity index (χ3v) is 4.02. The smallest absolute Gasteiger partial charge is 0.119 e. The van der Waals surface area contributed by atoms with Gasteiger partial charge in [0.05, 0.1) is 6.61 Å². The molecule has 2 atom stereocenters. The van der Waals surface area contributed by atoms with Crippen LogP contribution in [-0.2, 0) is 0 Å². The Morgan fingerprint density at radius 2 is 1.62 bits per heavy atom. The average Bonchev–Trinajstić information content (AvgIpc) is 2.45. The van der Waals surface area contributed by atoms with Crippen LogP contribution in [-0.4, -0.2) is 66.4 Å². The molecule has 1 N–H and O–H groups in total. The second-order valence-electron chi connectivity index (χ2n) is 5.57. The third kappa shape index (κ3) is 5.47. The van der Waals surface area contributed by atoms with Gasteiger partial charge in [0.1, 0.15) is 12.4 Å². The van der Waals surface area contributed by atoms with Gasteiger partial charge >= 0.3 is 0 Å². The average molecular weight is 315 g/mol. The van der Waals surface area contributed by atoms with E-state index >= 15 is 0 Å². The summed E-state index contributed by atoms with van der Waals surface area (Å²) in [5.41, 5.74) is 0. The summed E-state index contributed by atoms with van der Waals surface area (Å²) in [6.45, 7) is 9.24. The number of nitrogens with zero attached hydrogens (tertiary/aromatic N) is 2.